The summed E-state index contributed by atoms with van der Waals surface area (Å²) in [6, 6.07) is 9.11. The highest BCUT2D eigenvalue weighted by atomic mass is 14.3. The van der Waals surface area contributed by atoms with Crippen LogP contribution in [0.25, 0.3) is 0 Å². The van der Waals surface area contributed by atoms with E-state index in [9.17, 15) is 0 Å². The maximum Gasteiger partial charge on any atom is -0.0159 e. The van der Waals surface area contributed by atoms with Crippen LogP contribution < -0.4 is 0 Å². The first-order chi connectivity index (χ1) is 7.81. The summed E-state index contributed by atoms with van der Waals surface area (Å²) in [6.45, 7) is 4.67. The van der Waals surface area contributed by atoms with Crippen LogP contribution in [-0.2, 0) is 6.42 Å². The van der Waals surface area contributed by atoms with Crippen LogP contribution in [0.3, 0.4) is 0 Å². The number of hydrogen-bond acceptors (Lipinski definition) is 0. The lowest BCUT2D eigenvalue weighted by Crippen LogP contribution is -2.12. The predicted molar refractivity (Wildman–Crippen MR) is 70.8 cm³/mol. The minimum atomic E-state index is 0.846. The van der Waals surface area contributed by atoms with Gasteiger partial charge >= 0.3 is 0 Å². The van der Waals surface area contributed by atoms with E-state index in [4.69, 9.17) is 0 Å². The lowest BCUT2D eigenvalue weighted by Gasteiger charge is -2.28. The Morgan fingerprint density at radius 3 is 2.44 bits per heavy atom. The summed E-state index contributed by atoms with van der Waals surface area (Å²) in [5.74, 6) is 1.80. The second kappa shape index (κ2) is 5.52. The Balaban J connectivity index is 2.13. The fraction of sp³-hybridized carbons (Fsp3) is 0.625. The van der Waals surface area contributed by atoms with E-state index in [1.165, 1.54) is 38.5 Å². The molecule has 0 bridgehead atoms. The van der Waals surface area contributed by atoms with Gasteiger partial charge in [0.25, 0.3) is 0 Å². The van der Waals surface area contributed by atoms with Gasteiger partial charge in [0.15, 0.2) is 0 Å². The lowest BCUT2D eigenvalue weighted by molar-refractivity contribution is 0.347. The van der Waals surface area contributed by atoms with Crippen molar-refractivity contribution in [3.63, 3.8) is 0 Å². The van der Waals surface area contributed by atoms with Crippen molar-refractivity contribution in [3.8, 4) is 0 Å². The SMILES string of the molecule is CCCc1ccccc1C1CCC(C)CC1. The van der Waals surface area contributed by atoms with E-state index in [0.29, 0.717) is 0 Å². The fourth-order valence-electron chi connectivity index (χ4n) is 3.00. The largest absolute Gasteiger partial charge is 0.0651 e. The maximum atomic E-state index is 2.40. The van der Waals surface area contributed by atoms with Gasteiger partial charge in [0.1, 0.15) is 0 Å². The molecule has 0 spiro atoms. The first-order valence-corrected chi connectivity index (χ1v) is 6.89. The quantitative estimate of drug-likeness (QED) is 0.672. The number of hydrogen-bond donors (Lipinski definition) is 0. The molecule has 1 aromatic carbocycles. The average Bonchev–Trinajstić information content (AvgIpc) is 2.32. The Labute approximate surface area is 100 Å². The molecule has 2 rings (SSSR count). The smallest absolute Gasteiger partial charge is 0.0159 e. The summed E-state index contributed by atoms with van der Waals surface area (Å²) >= 11 is 0. The zero-order chi connectivity index (χ0) is 11.4. The zero-order valence-electron chi connectivity index (χ0n) is 10.7. The van der Waals surface area contributed by atoms with Crippen molar-refractivity contribution in [1.82, 2.24) is 0 Å². The Bertz CT molecular complexity index is 319. The highest BCUT2D eigenvalue weighted by molar-refractivity contribution is 5.30. The molecule has 0 heteroatoms. The molecule has 88 valence electrons. The molecule has 16 heavy (non-hydrogen) atoms. The van der Waals surface area contributed by atoms with Gasteiger partial charge in [0, 0.05) is 0 Å². The van der Waals surface area contributed by atoms with Gasteiger partial charge in [0.2, 0.25) is 0 Å². The standard InChI is InChI=1S/C16H24/c1-3-6-14-7-4-5-8-16(14)15-11-9-13(2)10-12-15/h4-5,7-8,13,15H,3,6,9-12H2,1-2H3. The third-order valence-corrected chi connectivity index (χ3v) is 4.03. The first kappa shape index (κ1) is 11.7. The Kier molecular flexibility index (Phi) is 4.04. The maximum absolute atomic E-state index is 2.40. The normalized spacial score (nSPS) is 25.6. The minimum Gasteiger partial charge on any atom is -0.0651 e. The molecule has 0 nitrogen and oxygen atoms in total. The summed E-state index contributed by atoms with van der Waals surface area (Å²) in [7, 11) is 0. The lowest BCUT2D eigenvalue weighted by atomic mass is 9.78. The van der Waals surface area contributed by atoms with Crippen molar-refractivity contribution < 1.29 is 0 Å². The molecular weight excluding hydrogens is 192 g/mol. The molecule has 1 saturated carbocycles. The molecule has 0 atom stereocenters. The second-order valence-corrected chi connectivity index (χ2v) is 5.41. The minimum absolute atomic E-state index is 0.846. The molecule has 1 aliphatic rings. The van der Waals surface area contributed by atoms with Crippen LogP contribution >= 0.6 is 0 Å². The summed E-state index contributed by atoms with van der Waals surface area (Å²) < 4.78 is 0. The van der Waals surface area contributed by atoms with Crippen molar-refractivity contribution in [2.45, 2.75) is 58.3 Å². The molecule has 0 heterocycles. The molecule has 0 radical (unpaired) electrons. The highest BCUT2D eigenvalue weighted by Crippen LogP contribution is 2.37. The van der Waals surface area contributed by atoms with Crippen LogP contribution in [0.1, 0.15) is 63.0 Å². The molecule has 0 aliphatic heterocycles. The van der Waals surface area contributed by atoms with Crippen LogP contribution in [-0.4, -0.2) is 0 Å². The Morgan fingerprint density at radius 1 is 1.06 bits per heavy atom. The average molecular weight is 216 g/mol. The van der Waals surface area contributed by atoms with E-state index in [1.807, 2.05) is 0 Å². The summed E-state index contributed by atoms with van der Waals surface area (Å²) in [5.41, 5.74) is 3.25. The van der Waals surface area contributed by atoms with Crippen LogP contribution in [0.2, 0.25) is 0 Å². The van der Waals surface area contributed by atoms with Gasteiger partial charge in [-0.3, -0.25) is 0 Å². The molecule has 0 unspecified atom stereocenters. The van der Waals surface area contributed by atoms with Crippen molar-refractivity contribution >= 4 is 0 Å². The summed E-state index contributed by atoms with van der Waals surface area (Å²) in [6.07, 6.45) is 8.17. The van der Waals surface area contributed by atoms with Crippen LogP contribution in [0, 0.1) is 5.92 Å². The van der Waals surface area contributed by atoms with Gasteiger partial charge in [-0.05, 0) is 42.2 Å². The molecule has 1 aliphatic carbocycles. The van der Waals surface area contributed by atoms with Gasteiger partial charge < -0.3 is 0 Å². The van der Waals surface area contributed by atoms with Gasteiger partial charge in [-0.15, -0.1) is 0 Å². The van der Waals surface area contributed by atoms with Gasteiger partial charge in [0.05, 0.1) is 0 Å². The van der Waals surface area contributed by atoms with Crippen molar-refractivity contribution in [2.24, 2.45) is 5.92 Å². The van der Waals surface area contributed by atoms with Gasteiger partial charge in [-0.25, -0.2) is 0 Å². The molecule has 1 fully saturated rings. The third kappa shape index (κ3) is 2.66. The molecule has 0 saturated heterocycles. The molecule has 0 N–H and O–H groups in total. The molecule has 1 aromatic rings. The molecule has 0 amide bonds. The Hall–Kier alpha value is -0.780. The predicted octanol–water partition coefficient (Wildman–Crippen LogP) is 4.93. The van der Waals surface area contributed by atoms with Crippen molar-refractivity contribution in [2.75, 3.05) is 0 Å². The number of aryl methyl sites for hydroxylation is 1. The van der Waals surface area contributed by atoms with E-state index in [2.05, 4.69) is 38.1 Å². The van der Waals surface area contributed by atoms with Crippen LogP contribution in [0.15, 0.2) is 24.3 Å². The zero-order valence-corrected chi connectivity index (χ0v) is 10.7. The summed E-state index contributed by atoms with van der Waals surface area (Å²) in [4.78, 5) is 0. The van der Waals surface area contributed by atoms with E-state index < -0.39 is 0 Å². The highest BCUT2D eigenvalue weighted by Gasteiger charge is 2.21. The third-order valence-electron chi connectivity index (χ3n) is 4.03. The van der Waals surface area contributed by atoms with E-state index >= 15 is 0 Å². The van der Waals surface area contributed by atoms with E-state index in [0.717, 1.165) is 11.8 Å². The van der Waals surface area contributed by atoms with Crippen molar-refractivity contribution in [3.05, 3.63) is 35.4 Å². The number of rotatable bonds is 3. The summed E-state index contributed by atoms with van der Waals surface area (Å²) in [5, 5.41) is 0. The Morgan fingerprint density at radius 2 is 1.75 bits per heavy atom. The van der Waals surface area contributed by atoms with Gasteiger partial charge in [-0.1, -0.05) is 57.4 Å². The second-order valence-electron chi connectivity index (χ2n) is 5.41. The topological polar surface area (TPSA) is 0 Å². The van der Waals surface area contributed by atoms with E-state index in [-0.39, 0.29) is 0 Å². The van der Waals surface area contributed by atoms with Gasteiger partial charge in [-0.2, -0.15) is 0 Å². The monoisotopic (exact) mass is 216 g/mol. The van der Waals surface area contributed by atoms with Crippen LogP contribution in [0.4, 0.5) is 0 Å². The van der Waals surface area contributed by atoms with E-state index in [1.54, 1.807) is 11.1 Å². The first-order valence-electron chi connectivity index (χ1n) is 6.89. The van der Waals surface area contributed by atoms with Crippen LogP contribution in [0.5, 0.6) is 0 Å². The molecule has 0 aromatic heterocycles. The fourth-order valence-corrected chi connectivity index (χ4v) is 3.00. The molecular formula is C16H24. The number of benzene rings is 1. The van der Waals surface area contributed by atoms with Crippen molar-refractivity contribution in [1.29, 1.82) is 0 Å².